The molecule has 2 rings (SSSR count). The lowest BCUT2D eigenvalue weighted by atomic mass is 10.1. The molecule has 0 unspecified atom stereocenters. The van der Waals surface area contributed by atoms with Gasteiger partial charge in [0.2, 0.25) is 0 Å². The number of benzene rings is 2. The van der Waals surface area contributed by atoms with Crippen molar-refractivity contribution in [2.24, 2.45) is 0 Å². The summed E-state index contributed by atoms with van der Waals surface area (Å²) in [6.07, 6.45) is 0. The standard InChI is InChI=1S/C15H16N4O4S2/c1-11(12-6-3-2-4-7-12)16-15(24)17-18-25(22,23)14-9-5-8-13(10-14)19(20)21/h2-11,18H,1H3,(H2,16,17,24)/t11-/m0/s1. The molecule has 3 N–H and O–H groups in total. The number of non-ortho nitro benzene ring substituents is 1. The van der Waals surface area contributed by atoms with Crippen LogP contribution in [0.2, 0.25) is 0 Å². The van der Waals surface area contributed by atoms with E-state index >= 15 is 0 Å². The Balaban J connectivity index is 1.98. The van der Waals surface area contributed by atoms with Gasteiger partial charge >= 0.3 is 0 Å². The monoisotopic (exact) mass is 380 g/mol. The van der Waals surface area contributed by atoms with Crippen LogP contribution in [-0.4, -0.2) is 18.5 Å². The maximum atomic E-state index is 12.2. The Labute approximate surface area is 150 Å². The summed E-state index contributed by atoms with van der Waals surface area (Å²) in [6.45, 7) is 1.87. The van der Waals surface area contributed by atoms with Crippen LogP contribution in [0.15, 0.2) is 59.5 Å². The summed E-state index contributed by atoms with van der Waals surface area (Å²) in [6, 6.07) is 14.1. The molecule has 0 aromatic heterocycles. The van der Waals surface area contributed by atoms with Crippen molar-refractivity contribution in [1.29, 1.82) is 0 Å². The minimum Gasteiger partial charge on any atom is -0.355 e. The van der Waals surface area contributed by atoms with Crippen molar-refractivity contribution in [2.75, 3.05) is 0 Å². The number of rotatable bonds is 6. The zero-order valence-corrected chi connectivity index (χ0v) is 14.8. The number of nitrogens with one attached hydrogen (secondary N) is 3. The first-order valence-electron chi connectivity index (χ1n) is 7.17. The molecule has 2 aromatic rings. The lowest BCUT2D eigenvalue weighted by molar-refractivity contribution is -0.385. The molecule has 2 aromatic carbocycles. The maximum absolute atomic E-state index is 12.2. The fraction of sp³-hybridized carbons (Fsp3) is 0.133. The minimum atomic E-state index is -4.00. The van der Waals surface area contributed by atoms with Crippen LogP contribution in [0.25, 0.3) is 0 Å². The van der Waals surface area contributed by atoms with Crippen LogP contribution in [0.4, 0.5) is 5.69 Å². The number of hydrogen-bond donors (Lipinski definition) is 3. The highest BCUT2D eigenvalue weighted by Crippen LogP contribution is 2.16. The first kappa shape index (κ1) is 18.8. The molecule has 0 fully saturated rings. The zero-order valence-electron chi connectivity index (χ0n) is 13.2. The number of thiocarbonyl (C=S) groups is 1. The van der Waals surface area contributed by atoms with Crippen LogP contribution >= 0.6 is 12.2 Å². The molecule has 0 radical (unpaired) electrons. The van der Waals surface area contributed by atoms with Gasteiger partial charge in [-0.3, -0.25) is 15.5 Å². The molecule has 25 heavy (non-hydrogen) atoms. The van der Waals surface area contributed by atoms with E-state index in [9.17, 15) is 18.5 Å². The van der Waals surface area contributed by atoms with Gasteiger partial charge in [0, 0.05) is 12.1 Å². The highest BCUT2D eigenvalue weighted by atomic mass is 32.2. The topological polar surface area (TPSA) is 113 Å². The van der Waals surface area contributed by atoms with Gasteiger partial charge in [0.1, 0.15) is 0 Å². The van der Waals surface area contributed by atoms with E-state index in [0.717, 1.165) is 11.6 Å². The summed E-state index contributed by atoms with van der Waals surface area (Å²) in [5.41, 5.74) is 3.04. The maximum Gasteiger partial charge on any atom is 0.270 e. The predicted molar refractivity (Wildman–Crippen MR) is 97.1 cm³/mol. The fourth-order valence-electron chi connectivity index (χ4n) is 1.99. The molecular weight excluding hydrogens is 364 g/mol. The van der Waals surface area contributed by atoms with Crippen molar-refractivity contribution in [3.63, 3.8) is 0 Å². The van der Waals surface area contributed by atoms with Crippen LogP contribution in [0.1, 0.15) is 18.5 Å². The molecule has 0 aliphatic carbocycles. The molecule has 0 amide bonds. The quantitative estimate of drug-likeness (QED) is 0.399. The number of sulfonamides is 1. The van der Waals surface area contributed by atoms with Crippen LogP contribution in [0, 0.1) is 10.1 Å². The van der Waals surface area contributed by atoms with Crippen molar-refractivity contribution in [3.8, 4) is 0 Å². The average Bonchev–Trinajstić information content (AvgIpc) is 2.61. The van der Waals surface area contributed by atoms with Crippen molar-refractivity contribution >= 4 is 33.0 Å². The Bertz CT molecular complexity index is 872. The van der Waals surface area contributed by atoms with Gasteiger partial charge in [-0.15, -0.1) is 4.83 Å². The van der Waals surface area contributed by atoms with Gasteiger partial charge in [-0.05, 0) is 30.8 Å². The highest BCUT2D eigenvalue weighted by molar-refractivity contribution is 7.89. The third-order valence-corrected chi connectivity index (χ3v) is 4.75. The molecule has 0 bridgehead atoms. The first-order valence-corrected chi connectivity index (χ1v) is 9.06. The van der Waals surface area contributed by atoms with Crippen molar-refractivity contribution in [3.05, 3.63) is 70.3 Å². The van der Waals surface area contributed by atoms with E-state index in [-0.39, 0.29) is 21.7 Å². The van der Waals surface area contributed by atoms with E-state index in [1.165, 1.54) is 18.2 Å². The first-order chi connectivity index (χ1) is 11.8. The second-order valence-electron chi connectivity index (χ2n) is 5.09. The third-order valence-electron chi connectivity index (χ3n) is 3.28. The second-order valence-corrected chi connectivity index (χ2v) is 7.18. The Morgan fingerprint density at radius 3 is 2.48 bits per heavy atom. The Morgan fingerprint density at radius 1 is 1.16 bits per heavy atom. The van der Waals surface area contributed by atoms with Crippen molar-refractivity contribution < 1.29 is 13.3 Å². The molecule has 1 atom stereocenters. The average molecular weight is 380 g/mol. The van der Waals surface area contributed by atoms with E-state index in [1.807, 2.05) is 37.3 Å². The third kappa shape index (κ3) is 5.21. The number of nitro groups is 1. The van der Waals surface area contributed by atoms with E-state index < -0.39 is 14.9 Å². The number of hydrazine groups is 1. The van der Waals surface area contributed by atoms with Gasteiger partial charge in [-0.25, -0.2) is 8.42 Å². The fourth-order valence-corrected chi connectivity index (χ4v) is 3.17. The summed E-state index contributed by atoms with van der Waals surface area (Å²) >= 11 is 5.06. The van der Waals surface area contributed by atoms with Gasteiger partial charge in [0.05, 0.1) is 15.9 Å². The van der Waals surface area contributed by atoms with Crippen molar-refractivity contribution in [1.82, 2.24) is 15.6 Å². The predicted octanol–water partition coefficient (Wildman–Crippen LogP) is 2.01. The molecule has 0 aliphatic rings. The summed E-state index contributed by atoms with van der Waals surface area (Å²) in [4.78, 5) is 11.9. The number of hydrogen-bond acceptors (Lipinski definition) is 5. The SMILES string of the molecule is C[C@H](NC(=S)NNS(=O)(=O)c1cccc([N+](=O)[O-])c1)c1ccccc1. The zero-order chi connectivity index (χ0) is 18.4. The van der Waals surface area contributed by atoms with Gasteiger partial charge < -0.3 is 5.32 Å². The van der Waals surface area contributed by atoms with Crippen LogP contribution in [0.5, 0.6) is 0 Å². The van der Waals surface area contributed by atoms with Gasteiger partial charge in [0.15, 0.2) is 5.11 Å². The number of nitro benzene ring substituents is 1. The minimum absolute atomic E-state index is 0.0744. The smallest absolute Gasteiger partial charge is 0.270 e. The van der Waals surface area contributed by atoms with Crippen molar-refractivity contribution in [2.45, 2.75) is 17.9 Å². The Hall–Kier alpha value is -2.56. The highest BCUT2D eigenvalue weighted by Gasteiger charge is 2.18. The summed E-state index contributed by atoms with van der Waals surface area (Å²) in [7, 11) is -4.00. The summed E-state index contributed by atoms with van der Waals surface area (Å²) in [5, 5.41) is 13.8. The summed E-state index contributed by atoms with van der Waals surface area (Å²) < 4.78 is 24.4. The second kappa shape index (κ2) is 8.01. The van der Waals surface area contributed by atoms with Gasteiger partial charge in [-0.1, -0.05) is 36.4 Å². The Morgan fingerprint density at radius 2 is 1.84 bits per heavy atom. The molecule has 0 saturated carbocycles. The normalized spacial score (nSPS) is 12.2. The number of nitrogens with zero attached hydrogens (tertiary/aromatic N) is 1. The summed E-state index contributed by atoms with van der Waals surface area (Å²) in [5.74, 6) is 0. The van der Waals surface area contributed by atoms with Crippen LogP contribution in [0.3, 0.4) is 0 Å². The van der Waals surface area contributed by atoms with E-state index in [2.05, 4.69) is 15.6 Å². The molecular formula is C15H16N4O4S2. The lowest BCUT2D eigenvalue weighted by Gasteiger charge is -2.17. The molecule has 132 valence electrons. The van der Waals surface area contributed by atoms with Gasteiger partial charge in [0.25, 0.3) is 15.7 Å². The van der Waals surface area contributed by atoms with E-state index in [4.69, 9.17) is 12.2 Å². The van der Waals surface area contributed by atoms with Crippen LogP contribution in [-0.2, 0) is 10.0 Å². The van der Waals surface area contributed by atoms with Crippen LogP contribution < -0.4 is 15.6 Å². The lowest BCUT2D eigenvalue weighted by Crippen LogP contribution is -2.47. The van der Waals surface area contributed by atoms with E-state index in [0.29, 0.717) is 0 Å². The molecule has 0 heterocycles. The van der Waals surface area contributed by atoms with E-state index in [1.54, 1.807) is 0 Å². The molecule has 0 saturated heterocycles. The van der Waals surface area contributed by atoms with Gasteiger partial charge in [-0.2, -0.15) is 0 Å². The Kier molecular flexibility index (Phi) is 6.02. The molecule has 0 aliphatic heterocycles. The largest absolute Gasteiger partial charge is 0.355 e. The molecule has 8 nitrogen and oxygen atoms in total. The molecule has 0 spiro atoms. The molecule has 10 heteroatoms.